The van der Waals surface area contributed by atoms with Crippen molar-refractivity contribution < 1.29 is 9.90 Å². The summed E-state index contributed by atoms with van der Waals surface area (Å²) in [7, 11) is 0. The number of β-amino-alcohol motifs (C(OH)–C–C–N with tert-alkyl or cyclic N) is 1. The second kappa shape index (κ2) is 3.07. The largest absolute Gasteiger partial charge is 0.395 e. The lowest BCUT2D eigenvalue weighted by molar-refractivity contribution is -0.125. The molecule has 0 aliphatic carbocycles. The van der Waals surface area contributed by atoms with Gasteiger partial charge in [0.15, 0.2) is 0 Å². The number of carbonyl (C=O) groups excluding carboxylic acids is 1. The molecule has 0 spiro atoms. The third kappa shape index (κ3) is 1.33. The molecule has 1 rings (SSSR count). The number of aliphatic hydroxyl groups excluding tert-OH is 1. The Morgan fingerprint density at radius 2 is 2.30 bits per heavy atom. The fourth-order valence-corrected chi connectivity index (χ4v) is 1.27. The van der Waals surface area contributed by atoms with Crippen LogP contribution in [-0.2, 0) is 4.79 Å². The van der Waals surface area contributed by atoms with E-state index in [1.165, 1.54) is 4.90 Å². The monoisotopic (exact) mass is 159 g/mol. The molecule has 1 aliphatic heterocycles. The van der Waals surface area contributed by atoms with Gasteiger partial charge in [0.1, 0.15) is 0 Å². The number of hydrogen-bond acceptors (Lipinski definition) is 3. The summed E-state index contributed by atoms with van der Waals surface area (Å²) in [5, 5.41) is 8.51. The molecule has 3 nitrogen and oxygen atoms in total. The minimum atomic E-state index is -0.00806. The molecule has 0 atom stereocenters. The van der Waals surface area contributed by atoms with Crippen molar-refractivity contribution in [3.8, 4) is 0 Å². The standard InChI is InChI=1S/C6H9NO2S/c8-4-3-7-5(9)1-2-6(7)10/h8H,1-4H2. The van der Waals surface area contributed by atoms with Gasteiger partial charge in [-0.2, -0.15) is 0 Å². The molecule has 0 saturated carbocycles. The van der Waals surface area contributed by atoms with E-state index in [1.807, 2.05) is 0 Å². The molecule has 1 aliphatic rings. The van der Waals surface area contributed by atoms with Crippen molar-refractivity contribution in [2.75, 3.05) is 13.2 Å². The fourth-order valence-electron chi connectivity index (χ4n) is 0.972. The van der Waals surface area contributed by atoms with Crippen LogP contribution in [0.25, 0.3) is 0 Å². The van der Waals surface area contributed by atoms with Gasteiger partial charge in [0.2, 0.25) is 5.91 Å². The van der Waals surface area contributed by atoms with Gasteiger partial charge < -0.3 is 10.0 Å². The zero-order valence-corrected chi connectivity index (χ0v) is 6.36. The smallest absolute Gasteiger partial charge is 0.227 e. The van der Waals surface area contributed by atoms with E-state index in [0.29, 0.717) is 24.4 Å². The highest BCUT2D eigenvalue weighted by atomic mass is 32.1. The lowest BCUT2D eigenvalue weighted by Gasteiger charge is -2.12. The molecule has 1 saturated heterocycles. The van der Waals surface area contributed by atoms with E-state index in [9.17, 15) is 4.79 Å². The van der Waals surface area contributed by atoms with Crippen molar-refractivity contribution in [2.45, 2.75) is 12.8 Å². The molecule has 1 amide bonds. The quantitative estimate of drug-likeness (QED) is 0.573. The van der Waals surface area contributed by atoms with E-state index in [-0.39, 0.29) is 12.5 Å². The minimum absolute atomic E-state index is 0.00806. The number of carbonyl (C=O) groups is 1. The molecule has 1 N–H and O–H groups in total. The Kier molecular flexibility index (Phi) is 2.34. The van der Waals surface area contributed by atoms with Crippen molar-refractivity contribution in [1.82, 2.24) is 4.90 Å². The molecule has 0 aromatic rings. The predicted molar refractivity (Wildman–Crippen MR) is 40.6 cm³/mol. The van der Waals surface area contributed by atoms with E-state index in [0.717, 1.165) is 0 Å². The number of aliphatic hydroxyl groups is 1. The summed E-state index contributed by atoms with van der Waals surface area (Å²) in [6.45, 7) is 0.351. The van der Waals surface area contributed by atoms with Crippen LogP contribution in [0.2, 0.25) is 0 Å². The maximum absolute atomic E-state index is 10.9. The zero-order chi connectivity index (χ0) is 7.56. The van der Waals surface area contributed by atoms with Crippen molar-refractivity contribution in [1.29, 1.82) is 0 Å². The molecule has 0 bridgehead atoms. The second-order valence-corrected chi connectivity index (χ2v) is 2.63. The number of thiocarbonyl (C=S) groups is 1. The Morgan fingerprint density at radius 3 is 2.70 bits per heavy atom. The summed E-state index contributed by atoms with van der Waals surface area (Å²) in [6, 6.07) is 0. The van der Waals surface area contributed by atoms with Crippen LogP contribution >= 0.6 is 12.2 Å². The molecule has 0 aromatic heterocycles. The number of likely N-dealkylation sites (tertiary alicyclic amines) is 1. The van der Waals surface area contributed by atoms with E-state index >= 15 is 0 Å². The number of hydrogen-bond donors (Lipinski definition) is 1. The highest BCUT2D eigenvalue weighted by Crippen LogP contribution is 2.11. The average molecular weight is 159 g/mol. The normalized spacial score (nSPS) is 18.7. The van der Waals surface area contributed by atoms with Crippen LogP contribution in [0.4, 0.5) is 0 Å². The summed E-state index contributed by atoms with van der Waals surface area (Å²) >= 11 is 4.88. The Bertz CT molecular complexity index is 153. The van der Waals surface area contributed by atoms with Crippen LogP contribution in [0.3, 0.4) is 0 Å². The number of rotatable bonds is 2. The summed E-state index contributed by atoms with van der Waals surface area (Å²) in [5.74, 6) is 0.0408. The molecular weight excluding hydrogens is 150 g/mol. The Morgan fingerprint density at radius 1 is 1.60 bits per heavy atom. The summed E-state index contributed by atoms with van der Waals surface area (Å²) in [5.41, 5.74) is 0. The van der Waals surface area contributed by atoms with E-state index in [1.54, 1.807) is 0 Å². The lowest BCUT2D eigenvalue weighted by atomic mass is 10.4. The van der Waals surface area contributed by atoms with Crippen molar-refractivity contribution >= 4 is 23.1 Å². The lowest BCUT2D eigenvalue weighted by Crippen LogP contribution is -2.30. The molecule has 1 heterocycles. The van der Waals surface area contributed by atoms with Gasteiger partial charge in [0.05, 0.1) is 11.6 Å². The zero-order valence-electron chi connectivity index (χ0n) is 5.54. The number of amides is 1. The molecule has 0 radical (unpaired) electrons. The molecule has 1 fully saturated rings. The van der Waals surface area contributed by atoms with Gasteiger partial charge in [-0.25, -0.2) is 0 Å². The minimum Gasteiger partial charge on any atom is -0.395 e. The highest BCUT2D eigenvalue weighted by Gasteiger charge is 2.24. The van der Waals surface area contributed by atoms with Gasteiger partial charge in [-0.1, -0.05) is 12.2 Å². The van der Waals surface area contributed by atoms with Gasteiger partial charge in [-0.3, -0.25) is 4.79 Å². The molecule has 56 valence electrons. The second-order valence-electron chi connectivity index (χ2n) is 2.16. The highest BCUT2D eigenvalue weighted by molar-refractivity contribution is 7.80. The average Bonchev–Trinajstić information content (AvgIpc) is 2.20. The van der Waals surface area contributed by atoms with Crippen molar-refractivity contribution in [3.63, 3.8) is 0 Å². The maximum Gasteiger partial charge on any atom is 0.227 e. The van der Waals surface area contributed by atoms with Crippen LogP contribution in [0.1, 0.15) is 12.8 Å². The van der Waals surface area contributed by atoms with E-state index in [4.69, 9.17) is 17.3 Å². The first-order chi connectivity index (χ1) is 4.75. The first-order valence-corrected chi connectivity index (χ1v) is 3.60. The van der Waals surface area contributed by atoms with Gasteiger partial charge in [0.25, 0.3) is 0 Å². The van der Waals surface area contributed by atoms with Crippen molar-refractivity contribution in [2.24, 2.45) is 0 Å². The Hall–Kier alpha value is -0.480. The molecule has 0 unspecified atom stereocenters. The SMILES string of the molecule is O=C1CCC(=S)N1CCO. The van der Waals surface area contributed by atoms with Gasteiger partial charge in [-0.05, 0) is 0 Å². The third-order valence-corrected chi connectivity index (χ3v) is 1.90. The van der Waals surface area contributed by atoms with Crippen LogP contribution in [0, 0.1) is 0 Å². The fraction of sp³-hybridized carbons (Fsp3) is 0.667. The summed E-state index contributed by atoms with van der Waals surface area (Å²) in [4.78, 5) is 13.0. The van der Waals surface area contributed by atoms with Crippen LogP contribution < -0.4 is 0 Å². The summed E-state index contributed by atoms with van der Waals surface area (Å²) in [6.07, 6.45) is 1.19. The Labute approximate surface area is 64.6 Å². The van der Waals surface area contributed by atoms with Gasteiger partial charge in [0, 0.05) is 19.4 Å². The van der Waals surface area contributed by atoms with Crippen LogP contribution in [0.15, 0.2) is 0 Å². The predicted octanol–water partition coefficient (Wildman–Crippen LogP) is -0.0715. The molecule has 10 heavy (non-hydrogen) atoms. The molecule has 4 heteroatoms. The van der Waals surface area contributed by atoms with Crippen LogP contribution in [-0.4, -0.2) is 34.1 Å². The molecule has 0 aromatic carbocycles. The van der Waals surface area contributed by atoms with Gasteiger partial charge >= 0.3 is 0 Å². The number of nitrogens with zero attached hydrogens (tertiary/aromatic N) is 1. The van der Waals surface area contributed by atoms with Crippen molar-refractivity contribution in [3.05, 3.63) is 0 Å². The Balaban J connectivity index is 2.54. The first kappa shape index (κ1) is 7.63. The first-order valence-electron chi connectivity index (χ1n) is 3.20. The summed E-state index contributed by atoms with van der Waals surface area (Å²) < 4.78 is 0. The molecular formula is C6H9NO2S. The van der Waals surface area contributed by atoms with E-state index in [2.05, 4.69) is 0 Å². The van der Waals surface area contributed by atoms with Gasteiger partial charge in [-0.15, -0.1) is 0 Å². The maximum atomic E-state index is 10.9. The van der Waals surface area contributed by atoms with E-state index < -0.39 is 0 Å². The van der Waals surface area contributed by atoms with Crippen LogP contribution in [0.5, 0.6) is 0 Å². The topological polar surface area (TPSA) is 40.5 Å². The third-order valence-electron chi connectivity index (χ3n) is 1.48.